The third-order valence-electron chi connectivity index (χ3n) is 4.70. The van der Waals surface area contributed by atoms with Gasteiger partial charge in [0, 0.05) is 19.2 Å². The van der Waals surface area contributed by atoms with Gasteiger partial charge in [0.2, 0.25) is 0 Å². The number of carbonyl (C=O) groups is 1. The van der Waals surface area contributed by atoms with Crippen molar-refractivity contribution in [1.82, 2.24) is 4.57 Å². The summed E-state index contributed by atoms with van der Waals surface area (Å²) in [5, 5.41) is 2.29. The number of ether oxygens (including phenoxy) is 2. The highest BCUT2D eigenvalue weighted by Gasteiger charge is 2.11. The predicted octanol–water partition coefficient (Wildman–Crippen LogP) is 4.08. The Hall–Kier alpha value is -3.12. The van der Waals surface area contributed by atoms with Crippen LogP contribution in [-0.4, -0.2) is 24.7 Å². The third-order valence-corrected chi connectivity index (χ3v) is 5.80. The van der Waals surface area contributed by atoms with Gasteiger partial charge in [0.15, 0.2) is 16.3 Å². The number of aromatic nitrogens is 1. The van der Waals surface area contributed by atoms with E-state index in [0.717, 1.165) is 26.6 Å². The highest BCUT2D eigenvalue weighted by atomic mass is 32.1. The molecule has 0 bridgehead atoms. The number of rotatable bonds is 4. The number of hydrogen-bond acceptors (Lipinski definition) is 4. The van der Waals surface area contributed by atoms with E-state index in [2.05, 4.69) is 11.1 Å². The van der Waals surface area contributed by atoms with Crippen molar-refractivity contribution in [3.05, 3.63) is 65.0 Å². The molecule has 0 saturated heterocycles. The molecule has 1 heterocycles. The van der Waals surface area contributed by atoms with Gasteiger partial charge >= 0.3 is 0 Å². The Morgan fingerprint density at radius 1 is 1.00 bits per heavy atom. The maximum atomic E-state index is 12.6. The first kappa shape index (κ1) is 18.3. The van der Waals surface area contributed by atoms with Gasteiger partial charge in [-0.1, -0.05) is 53.8 Å². The normalized spacial score (nSPS) is 11.9. The highest BCUT2D eigenvalue weighted by molar-refractivity contribution is 7.16. The van der Waals surface area contributed by atoms with Crippen molar-refractivity contribution in [1.29, 1.82) is 0 Å². The van der Waals surface area contributed by atoms with E-state index in [1.54, 1.807) is 14.2 Å². The van der Waals surface area contributed by atoms with Crippen LogP contribution in [0, 0.1) is 0 Å². The molecule has 0 unspecified atom stereocenters. The summed E-state index contributed by atoms with van der Waals surface area (Å²) in [4.78, 5) is 17.6. The molecule has 0 spiro atoms. The molecule has 142 valence electrons. The van der Waals surface area contributed by atoms with Gasteiger partial charge in [0.1, 0.15) is 0 Å². The van der Waals surface area contributed by atoms with Gasteiger partial charge in [0.05, 0.1) is 30.9 Å². The highest BCUT2D eigenvalue weighted by Crippen LogP contribution is 2.33. The van der Waals surface area contributed by atoms with E-state index in [1.165, 1.54) is 11.3 Å². The number of amides is 1. The Morgan fingerprint density at radius 2 is 1.71 bits per heavy atom. The number of thiazole rings is 1. The van der Waals surface area contributed by atoms with Gasteiger partial charge < -0.3 is 14.0 Å². The van der Waals surface area contributed by atoms with E-state index in [0.29, 0.717) is 16.3 Å². The summed E-state index contributed by atoms with van der Waals surface area (Å²) in [5.41, 5.74) is 1.90. The van der Waals surface area contributed by atoms with Gasteiger partial charge in [0.25, 0.3) is 5.91 Å². The first-order valence-corrected chi connectivity index (χ1v) is 9.67. The minimum Gasteiger partial charge on any atom is -0.493 e. The van der Waals surface area contributed by atoms with Crippen LogP contribution in [0.5, 0.6) is 11.5 Å². The molecule has 0 N–H and O–H groups in total. The smallest absolute Gasteiger partial charge is 0.252 e. The molecule has 0 aliphatic heterocycles. The number of nitrogens with zero attached hydrogens (tertiary/aromatic N) is 2. The van der Waals surface area contributed by atoms with E-state index in [9.17, 15) is 4.79 Å². The quantitative estimate of drug-likeness (QED) is 0.526. The predicted molar refractivity (Wildman–Crippen MR) is 112 cm³/mol. The first-order chi connectivity index (χ1) is 13.6. The van der Waals surface area contributed by atoms with E-state index >= 15 is 0 Å². The second-order valence-corrected chi connectivity index (χ2v) is 7.49. The fraction of sp³-hybridized carbons (Fsp3) is 0.182. The van der Waals surface area contributed by atoms with Crippen LogP contribution < -0.4 is 14.3 Å². The summed E-state index contributed by atoms with van der Waals surface area (Å²) in [6.45, 7) is 0. The Labute approximate surface area is 166 Å². The maximum Gasteiger partial charge on any atom is 0.252 e. The lowest BCUT2D eigenvalue weighted by atomic mass is 10.1. The van der Waals surface area contributed by atoms with Gasteiger partial charge in [-0.25, -0.2) is 0 Å². The average Bonchev–Trinajstić information content (AvgIpc) is 3.01. The molecule has 5 nitrogen and oxygen atoms in total. The van der Waals surface area contributed by atoms with Crippen LogP contribution in [0.4, 0.5) is 0 Å². The van der Waals surface area contributed by atoms with Crippen LogP contribution in [0.15, 0.2) is 59.6 Å². The minimum absolute atomic E-state index is 0.170. The molecular weight excluding hydrogens is 372 g/mol. The van der Waals surface area contributed by atoms with E-state index in [-0.39, 0.29) is 12.3 Å². The Kier molecular flexibility index (Phi) is 4.88. The monoisotopic (exact) mass is 392 g/mol. The van der Waals surface area contributed by atoms with Crippen molar-refractivity contribution in [2.45, 2.75) is 6.42 Å². The third kappa shape index (κ3) is 3.39. The lowest BCUT2D eigenvalue weighted by Crippen LogP contribution is -2.14. The van der Waals surface area contributed by atoms with Crippen molar-refractivity contribution in [2.75, 3.05) is 14.2 Å². The molecular formula is C22H20N2O3S. The molecule has 28 heavy (non-hydrogen) atoms. The van der Waals surface area contributed by atoms with Gasteiger partial charge in [-0.15, -0.1) is 0 Å². The van der Waals surface area contributed by atoms with E-state index < -0.39 is 0 Å². The molecule has 1 aromatic heterocycles. The number of methoxy groups -OCH3 is 2. The number of benzene rings is 3. The maximum absolute atomic E-state index is 12.6. The zero-order valence-corrected chi connectivity index (χ0v) is 16.7. The molecule has 0 atom stereocenters. The van der Waals surface area contributed by atoms with Crippen molar-refractivity contribution < 1.29 is 14.3 Å². The van der Waals surface area contributed by atoms with Crippen LogP contribution in [0.1, 0.15) is 5.56 Å². The topological polar surface area (TPSA) is 52.8 Å². The van der Waals surface area contributed by atoms with Gasteiger partial charge in [-0.3, -0.25) is 4.79 Å². The van der Waals surface area contributed by atoms with Crippen molar-refractivity contribution in [3.8, 4) is 11.5 Å². The summed E-state index contributed by atoms with van der Waals surface area (Å²) in [7, 11) is 5.11. The van der Waals surface area contributed by atoms with E-state index in [4.69, 9.17) is 9.47 Å². The lowest BCUT2D eigenvalue weighted by Gasteiger charge is -2.07. The molecule has 6 heteroatoms. The van der Waals surface area contributed by atoms with Crippen molar-refractivity contribution in [3.63, 3.8) is 0 Å². The molecule has 0 radical (unpaired) electrons. The summed E-state index contributed by atoms with van der Waals surface area (Å²) in [6.07, 6.45) is 0.270. The molecule has 4 rings (SSSR count). The van der Waals surface area contributed by atoms with Crippen LogP contribution in [0.3, 0.4) is 0 Å². The summed E-state index contributed by atoms with van der Waals surface area (Å²) < 4.78 is 13.6. The van der Waals surface area contributed by atoms with Gasteiger partial charge in [-0.2, -0.15) is 4.99 Å². The van der Waals surface area contributed by atoms with Crippen molar-refractivity contribution in [2.24, 2.45) is 12.0 Å². The first-order valence-electron chi connectivity index (χ1n) is 8.86. The zero-order valence-electron chi connectivity index (χ0n) is 15.9. The largest absolute Gasteiger partial charge is 0.493 e. The van der Waals surface area contributed by atoms with Crippen LogP contribution in [0.25, 0.3) is 21.0 Å². The van der Waals surface area contributed by atoms with Crippen LogP contribution in [-0.2, 0) is 18.3 Å². The van der Waals surface area contributed by atoms with Gasteiger partial charge in [-0.05, 0) is 16.3 Å². The Morgan fingerprint density at radius 3 is 2.46 bits per heavy atom. The second kappa shape index (κ2) is 7.48. The number of aryl methyl sites for hydroxylation is 1. The molecule has 0 aliphatic carbocycles. The Balaban J connectivity index is 1.68. The molecule has 0 saturated carbocycles. The molecule has 1 amide bonds. The minimum atomic E-state index is -0.170. The average molecular weight is 392 g/mol. The van der Waals surface area contributed by atoms with Crippen molar-refractivity contribution >= 4 is 38.2 Å². The lowest BCUT2D eigenvalue weighted by molar-refractivity contribution is -0.117. The molecule has 3 aromatic carbocycles. The molecule has 4 aromatic rings. The van der Waals surface area contributed by atoms with E-state index in [1.807, 2.05) is 60.1 Å². The second-order valence-electron chi connectivity index (χ2n) is 6.48. The Bertz CT molecular complexity index is 1250. The fourth-order valence-corrected chi connectivity index (χ4v) is 4.28. The SMILES string of the molecule is COc1cc2sc(=NC(=O)Cc3ccc4ccccc4c3)n(C)c2cc1OC. The standard InChI is InChI=1S/C22H20N2O3S/c1-24-17-12-18(26-2)19(27-3)13-20(17)28-22(24)23-21(25)11-14-8-9-15-6-4-5-7-16(15)10-14/h4-10,12-13H,11H2,1-3H3. The summed E-state index contributed by atoms with van der Waals surface area (Å²) in [6, 6.07) is 18.0. The summed E-state index contributed by atoms with van der Waals surface area (Å²) >= 11 is 1.45. The fourth-order valence-electron chi connectivity index (χ4n) is 3.23. The molecule has 0 aliphatic rings. The summed E-state index contributed by atoms with van der Waals surface area (Å²) in [5.74, 6) is 1.14. The number of carbonyl (C=O) groups excluding carboxylic acids is 1. The zero-order chi connectivity index (χ0) is 19.7. The number of fused-ring (bicyclic) bond motifs is 2. The van der Waals surface area contributed by atoms with Crippen LogP contribution >= 0.6 is 11.3 Å². The van der Waals surface area contributed by atoms with Crippen LogP contribution in [0.2, 0.25) is 0 Å². The number of hydrogen-bond donors (Lipinski definition) is 0. The molecule has 0 fully saturated rings.